The molecule has 1 saturated heterocycles. The zero-order valence-electron chi connectivity index (χ0n) is 13.1. The monoisotopic (exact) mass is 358 g/mol. The van der Waals surface area contributed by atoms with Crippen LogP contribution in [0.2, 0.25) is 5.02 Å². The van der Waals surface area contributed by atoms with Crippen LogP contribution in [0.5, 0.6) is 5.75 Å². The Balaban J connectivity index is 0.00000192. The first kappa shape index (κ1) is 18.4. The van der Waals surface area contributed by atoms with Crippen molar-refractivity contribution in [2.24, 2.45) is 11.8 Å². The molecule has 0 radical (unpaired) electrons. The van der Waals surface area contributed by atoms with Gasteiger partial charge < -0.3 is 15.4 Å². The molecule has 1 amide bonds. The highest BCUT2D eigenvalue weighted by Crippen LogP contribution is 2.29. The fourth-order valence-corrected chi connectivity index (χ4v) is 3.44. The number of rotatable bonds is 4. The summed E-state index contributed by atoms with van der Waals surface area (Å²) in [5.74, 6) is 1.52. The Morgan fingerprint density at radius 1 is 1.43 bits per heavy atom. The fourth-order valence-electron chi connectivity index (χ4n) is 3.25. The van der Waals surface area contributed by atoms with Crippen LogP contribution in [0.15, 0.2) is 18.2 Å². The Morgan fingerprint density at radius 3 is 3.09 bits per heavy atom. The van der Waals surface area contributed by atoms with Gasteiger partial charge in [0, 0.05) is 11.6 Å². The lowest BCUT2D eigenvalue weighted by Gasteiger charge is -2.26. The minimum absolute atomic E-state index is 0. The first-order chi connectivity index (χ1) is 10.7. The van der Waals surface area contributed by atoms with Crippen molar-refractivity contribution < 1.29 is 9.53 Å². The molecule has 6 heteroatoms. The molecule has 2 N–H and O–H groups in total. The number of halogens is 2. The van der Waals surface area contributed by atoms with E-state index in [1.807, 2.05) is 18.2 Å². The van der Waals surface area contributed by atoms with Gasteiger partial charge in [-0.25, -0.2) is 0 Å². The van der Waals surface area contributed by atoms with Crippen LogP contribution >= 0.6 is 24.0 Å². The van der Waals surface area contributed by atoms with Crippen molar-refractivity contribution in [1.82, 2.24) is 10.6 Å². The molecule has 1 fully saturated rings. The van der Waals surface area contributed by atoms with Gasteiger partial charge in [0.2, 0.25) is 5.91 Å². The summed E-state index contributed by atoms with van der Waals surface area (Å²) >= 11 is 6.01. The summed E-state index contributed by atoms with van der Waals surface area (Å²) in [6.45, 7) is 3.41. The Labute approximate surface area is 148 Å². The second kappa shape index (κ2) is 8.76. The first-order valence-corrected chi connectivity index (χ1v) is 8.50. The fraction of sp³-hybridized carbons (Fsp3) is 0.588. The van der Waals surface area contributed by atoms with Gasteiger partial charge in [0.25, 0.3) is 0 Å². The number of benzene rings is 1. The molecule has 2 unspecified atom stereocenters. The SMILES string of the molecule is Cl.O=C(NCCC1CCCNC1)C1COc2ccc(Cl)cc2C1. The molecule has 2 aliphatic rings. The smallest absolute Gasteiger partial charge is 0.226 e. The van der Waals surface area contributed by atoms with Crippen molar-refractivity contribution in [3.8, 4) is 5.75 Å². The van der Waals surface area contributed by atoms with E-state index in [1.165, 1.54) is 12.8 Å². The van der Waals surface area contributed by atoms with Crippen LogP contribution < -0.4 is 15.4 Å². The predicted octanol–water partition coefficient (Wildman–Crippen LogP) is 2.82. The molecule has 1 aromatic carbocycles. The third kappa shape index (κ3) is 5.00. The van der Waals surface area contributed by atoms with Crippen LogP contribution in [0.3, 0.4) is 0 Å². The van der Waals surface area contributed by atoms with E-state index >= 15 is 0 Å². The predicted molar refractivity (Wildman–Crippen MR) is 94.6 cm³/mol. The van der Waals surface area contributed by atoms with Crippen molar-refractivity contribution in [2.45, 2.75) is 25.7 Å². The number of nitrogens with one attached hydrogen (secondary N) is 2. The summed E-state index contributed by atoms with van der Waals surface area (Å²) in [4.78, 5) is 12.3. The highest BCUT2D eigenvalue weighted by atomic mass is 35.5. The average Bonchev–Trinajstić information content (AvgIpc) is 2.55. The molecule has 2 heterocycles. The minimum atomic E-state index is -0.115. The van der Waals surface area contributed by atoms with Crippen LogP contribution in [0.4, 0.5) is 0 Å². The molecule has 128 valence electrons. The van der Waals surface area contributed by atoms with Gasteiger partial charge >= 0.3 is 0 Å². The second-order valence-electron chi connectivity index (χ2n) is 6.26. The molecular weight excluding hydrogens is 335 g/mol. The number of amides is 1. The Kier molecular flexibility index (Phi) is 7.00. The maximum Gasteiger partial charge on any atom is 0.226 e. The number of carbonyl (C=O) groups is 1. The largest absolute Gasteiger partial charge is 0.492 e. The number of hydrogen-bond acceptors (Lipinski definition) is 3. The molecule has 23 heavy (non-hydrogen) atoms. The third-order valence-corrected chi connectivity index (χ3v) is 4.79. The zero-order valence-corrected chi connectivity index (χ0v) is 14.7. The molecule has 0 spiro atoms. The lowest BCUT2D eigenvalue weighted by molar-refractivity contribution is -0.126. The van der Waals surface area contributed by atoms with Crippen LogP contribution in [-0.4, -0.2) is 32.1 Å². The number of piperidine rings is 1. The van der Waals surface area contributed by atoms with Crippen molar-refractivity contribution in [1.29, 1.82) is 0 Å². The van der Waals surface area contributed by atoms with Gasteiger partial charge in [-0.3, -0.25) is 4.79 Å². The van der Waals surface area contributed by atoms with E-state index in [4.69, 9.17) is 16.3 Å². The second-order valence-corrected chi connectivity index (χ2v) is 6.69. The van der Waals surface area contributed by atoms with Gasteiger partial charge in [0.15, 0.2) is 0 Å². The molecule has 0 aromatic heterocycles. The van der Waals surface area contributed by atoms with Gasteiger partial charge in [-0.15, -0.1) is 12.4 Å². The molecule has 3 rings (SSSR count). The van der Waals surface area contributed by atoms with Crippen LogP contribution in [0.1, 0.15) is 24.8 Å². The average molecular weight is 359 g/mol. The van der Waals surface area contributed by atoms with E-state index < -0.39 is 0 Å². The molecule has 2 aliphatic heterocycles. The topological polar surface area (TPSA) is 50.4 Å². The van der Waals surface area contributed by atoms with E-state index in [2.05, 4.69) is 10.6 Å². The Hall–Kier alpha value is -0.970. The highest BCUT2D eigenvalue weighted by Gasteiger charge is 2.26. The quantitative estimate of drug-likeness (QED) is 0.869. The summed E-state index contributed by atoms with van der Waals surface area (Å²) in [7, 11) is 0. The summed E-state index contributed by atoms with van der Waals surface area (Å²) in [5, 5.41) is 7.16. The maximum atomic E-state index is 12.3. The molecule has 2 atom stereocenters. The van der Waals surface area contributed by atoms with Gasteiger partial charge in [0.1, 0.15) is 12.4 Å². The molecule has 0 saturated carbocycles. The summed E-state index contributed by atoms with van der Waals surface area (Å²) in [6, 6.07) is 5.59. The van der Waals surface area contributed by atoms with Crippen LogP contribution in [-0.2, 0) is 11.2 Å². The lowest BCUT2D eigenvalue weighted by Crippen LogP contribution is -2.39. The maximum absolute atomic E-state index is 12.3. The lowest BCUT2D eigenvalue weighted by atomic mass is 9.95. The number of ether oxygens (including phenoxy) is 1. The summed E-state index contributed by atoms with van der Waals surface area (Å²) in [5.41, 5.74) is 1.02. The van der Waals surface area contributed by atoms with E-state index in [0.717, 1.165) is 37.4 Å². The number of carbonyl (C=O) groups excluding carboxylic acids is 1. The standard InChI is InChI=1S/C17H23ClN2O2.ClH/c18-15-3-4-16-13(9-15)8-14(11-22-16)17(21)20-7-5-12-2-1-6-19-10-12;/h3-4,9,12,14,19H,1-2,5-8,10-11H2,(H,20,21);1H. The van der Waals surface area contributed by atoms with Gasteiger partial charge in [0.05, 0.1) is 5.92 Å². The van der Waals surface area contributed by atoms with E-state index in [-0.39, 0.29) is 24.2 Å². The van der Waals surface area contributed by atoms with Gasteiger partial charge in [-0.05, 0) is 68.5 Å². The van der Waals surface area contributed by atoms with Crippen molar-refractivity contribution in [3.05, 3.63) is 28.8 Å². The molecular formula is C17H24Cl2N2O2. The number of fused-ring (bicyclic) bond motifs is 1. The Morgan fingerprint density at radius 2 is 2.30 bits per heavy atom. The zero-order chi connectivity index (χ0) is 15.4. The van der Waals surface area contributed by atoms with Crippen LogP contribution in [0, 0.1) is 11.8 Å². The van der Waals surface area contributed by atoms with E-state index in [9.17, 15) is 4.79 Å². The van der Waals surface area contributed by atoms with Crippen LogP contribution in [0.25, 0.3) is 0 Å². The van der Waals surface area contributed by atoms with Gasteiger partial charge in [-0.2, -0.15) is 0 Å². The molecule has 0 bridgehead atoms. The number of hydrogen-bond donors (Lipinski definition) is 2. The molecule has 0 aliphatic carbocycles. The van der Waals surface area contributed by atoms with Gasteiger partial charge in [-0.1, -0.05) is 11.6 Å². The van der Waals surface area contributed by atoms with Crippen molar-refractivity contribution in [3.63, 3.8) is 0 Å². The van der Waals surface area contributed by atoms with Crippen molar-refractivity contribution >= 4 is 29.9 Å². The van der Waals surface area contributed by atoms with E-state index in [0.29, 0.717) is 24.0 Å². The van der Waals surface area contributed by atoms with E-state index in [1.54, 1.807) is 0 Å². The summed E-state index contributed by atoms with van der Waals surface area (Å²) < 4.78 is 5.68. The third-order valence-electron chi connectivity index (χ3n) is 4.55. The van der Waals surface area contributed by atoms with Crippen molar-refractivity contribution in [2.75, 3.05) is 26.2 Å². The Bertz CT molecular complexity index is 533. The first-order valence-electron chi connectivity index (χ1n) is 8.12. The molecule has 4 nitrogen and oxygen atoms in total. The minimum Gasteiger partial charge on any atom is -0.492 e. The highest BCUT2D eigenvalue weighted by molar-refractivity contribution is 6.30. The normalized spacial score (nSPS) is 23.2. The summed E-state index contributed by atoms with van der Waals surface area (Å²) in [6.07, 6.45) is 4.26. The molecule has 1 aromatic rings.